The summed E-state index contributed by atoms with van der Waals surface area (Å²) < 4.78 is 21.9. The lowest BCUT2D eigenvalue weighted by Crippen LogP contribution is -2.12. The number of carbonyl (C=O) groups is 1. The Labute approximate surface area is 239 Å². The van der Waals surface area contributed by atoms with Gasteiger partial charge in [-0.15, -0.1) is 0 Å². The van der Waals surface area contributed by atoms with Crippen LogP contribution >= 0.6 is 0 Å². The second kappa shape index (κ2) is 11.3. The van der Waals surface area contributed by atoms with Crippen LogP contribution in [0, 0.1) is 6.92 Å². The zero-order chi connectivity index (χ0) is 28.5. The largest absolute Gasteiger partial charge is 0.496 e. The first-order chi connectivity index (χ1) is 20.0. The molecule has 3 aromatic carbocycles. The van der Waals surface area contributed by atoms with Crippen molar-refractivity contribution in [2.45, 2.75) is 45.8 Å². The fourth-order valence-electron chi connectivity index (χ4n) is 6.13. The van der Waals surface area contributed by atoms with E-state index in [1.165, 1.54) is 0 Å². The van der Waals surface area contributed by atoms with Gasteiger partial charge in [-0.05, 0) is 61.8 Å². The number of hydrogen-bond acceptors (Lipinski definition) is 5. The summed E-state index contributed by atoms with van der Waals surface area (Å²) in [6.07, 6.45) is 2.88. The molecular formula is C33H35N3O5. The molecule has 0 spiro atoms. The van der Waals surface area contributed by atoms with Crippen LogP contribution in [0.25, 0.3) is 32.8 Å². The highest BCUT2D eigenvalue weighted by atomic mass is 16.5. The SMILES string of the molecule is COc1ccc2c(CCCOc3cccc4ccccc34)c(C(=O)O)n3c2c1-c1c(nn(C)c1C)COCCCC3. The molecule has 2 aromatic heterocycles. The lowest BCUT2D eigenvalue weighted by Gasteiger charge is -2.15. The third-order valence-electron chi connectivity index (χ3n) is 8.11. The maximum atomic E-state index is 12.9. The van der Waals surface area contributed by atoms with E-state index in [1.807, 2.05) is 59.6 Å². The third kappa shape index (κ3) is 4.82. The second-order valence-corrected chi connectivity index (χ2v) is 10.5. The number of carboxylic acids is 1. The summed E-state index contributed by atoms with van der Waals surface area (Å²) >= 11 is 0. The van der Waals surface area contributed by atoms with Crippen LogP contribution in [-0.4, -0.2) is 45.7 Å². The highest BCUT2D eigenvalue weighted by Gasteiger charge is 2.29. The van der Waals surface area contributed by atoms with Crippen LogP contribution in [-0.2, 0) is 31.4 Å². The number of hydrogen-bond donors (Lipinski definition) is 1. The maximum Gasteiger partial charge on any atom is 0.352 e. The molecule has 1 N–H and O–H groups in total. The first kappa shape index (κ1) is 26.9. The molecule has 8 nitrogen and oxygen atoms in total. The molecule has 0 saturated heterocycles. The van der Waals surface area contributed by atoms with E-state index in [1.54, 1.807) is 7.11 Å². The van der Waals surface area contributed by atoms with Gasteiger partial charge < -0.3 is 23.9 Å². The van der Waals surface area contributed by atoms with Gasteiger partial charge >= 0.3 is 5.97 Å². The molecule has 0 atom stereocenters. The van der Waals surface area contributed by atoms with E-state index >= 15 is 0 Å². The minimum Gasteiger partial charge on any atom is -0.496 e. The van der Waals surface area contributed by atoms with Crippen molar-refractivity contribution in [1.29, 1.82) is 0 Å². The van der Waals surface area contributed by atoms with Gasteiger partial charge in [0.15, 0.2) is 0 Å². The molecule has 0 bridgehead atoms. The van der Waals surface area contributed by atoms with E-state index in [9.17, 15) is 9.90 Å². The Balaban J connectivity index is 1.44. The van der Waals surface area contributed by atoms with Gasteiger partial charge in [0.1, 0.15) is 17.2 Å². The molecule has 3 heterocycles. The average molecular weight is 554 g/mol. The number of aromatic nitrogens is 3. The smallest absolute Gasteiger partial charge is 0.352 e. The van der Waals surface area contributed by atoms with Crippen LogP contribution in [0.4, 0.5) is 0 Å². The molecule has 1 aliphatic heterocycles. The number of nitrogens with zero attached hydrogens (tertiary/aromatic N) is 3. The van der Waals surface area contributed by atoms with Crippen LogP contribution < -0.4 is 9.47 Å². The fourth-order valence-corrected chi connectivity index (χ4v) is 6.13. The number of benzene rings is 3. The second-order valence-electron chi connectivity index (χ2n) is 10.5. The molecule has 8 heteroatoms. The summed E-state index contributed by atoms with van der Waals surface area (Å²) in [5.41, 5.74) is 5.66. The number of fused-ring (bicyclic) bond motifs is 3. The molecule has 0 radical (unpaired) electrons. The van der Waals surface area contributed by atoms with Crippen molar-refractivity contribution in [3.63, 3.8) is 0 Å². The highest BCUT2D eigenvalue weighted by molar-refractivity contribution is 6.06. The highest BCUT2D eigenvalue weighted by Crippen LogP contribution is 2.44. The van der Waals surface area contributed by atoms with E-state index in [0.717, 1.165) is 68.3 Å². The monoisotopic (exact) mass is 553 g/mol. The number of aryl methyl sites for hydroxylation is 3. The summed E-state index contributed by atoms with van der Waals surface area (Å²) in [6, 6.07) is 18.2. The number of aromatic carboxylic acids is 1. The Bertz CT molecular complexity index is 1740. The molecule has 1 aliphatic rings. The molecule has 5 aromatic rings. The zero-order valence-electron chi connectivity index (χ0n) is 23.8. The van der Waals surface area contributed by atoms with Crippen molar-refractivity contribution in [2.75, 3.05) is 20.3 Å². The lowest BCUT2D eigenvalue weighted by molar-refractivity contribution is 0.0683. The van der Waals surface area contributed by atoms with Gasteiger partial charge in [-0.2, -0.15) is 5.10 Å². The van der Waals surface area contributed by atoms with E-state index in [0.29, 0.717) is 50.7 Å². The Morgan fingerprint density at radius 3 is 2.68 bits per heavy atom. The van der Waals surface area contributed by atoms with E-state index in [-0.39, 0.29) is 0 Å². The summed E-state index contributed by atoms with van der Waals surface area (Å²) in [7, 11) is 3.57. The fraction of sp³-hybridized carbons (Fsp3) is 0.333. The Morgan fingerprint density at radius 1 is 1.02 bits per heavy atom. The van der Waals surface area contributed by atoms with Crippen molar-refractivity contribution in [3.8, 4) is 22.6 Å². The predicted octanol–water partition coefficient (Wildman–Crippen LogP) is 6.53. The molecule has 41 heavy (non-hydrogen) atoms. The zero-order valence-corrected chi connectivity index (χ0v) is 23.8. The van der Waals surface area contributed by atoms with Gasteiger partial charge in [0.25, 0.3) is 0 Å². The van der Waals surface area contributed by atoms with Gasteiger partial charge in [-0.25, -0.2) is 4.79 Å². The quantitative estimate of drug-likeness (QED) is 0.231. The minimum atomic E-state index is -0.926. The van der Waals surface area contributed by atoms with Crippen LogP contribution in [0.2, 0.25) is 0 Å². The van der Waals surface area contributed by atoms with Crippen LogP contribution in [0.5, 0.6) is 11.5 Å². The van der Waals surface area contributed by atoms with Crippen molar-refractivity contribution < 1.29 is 24.1 Å². The number of ether oxygens (including phenoxy) is 3. The van der Waals surface area contributed by atoms with Crippen LogP contribution in [0.3, 0.4) is 0 Å². The van der Waals surface area contributed by atoms with E-state index in [2.05, 4.69) is 18.2 Å². The van der Waals surface area contributed by atoms with E-state index in [4.69, 9.17) is 19.3 Å². The van der Waals surface area contributed by atoms with Crippen LogP contribution in [0.15, 0.2) is 54.6 Å². The molecule has 0 fully saturated rings. The number of methoxy groups -OCH3 is 1. The molecule has 0 amide bonds. The average Bonchev–Trinajstić information content (AvgIpc) is 3.43. The normalized spacial score (nSPS) is 13.6. The van der Waals surface area contributed by atoms with Crippen molar-refractivity contribution in [2.24, 2.45) is 7.05 Å². The standard InChI is InChI=1S/C33H35N3O5/c1-21-29-26(34-35(21)2)20-40-18-7-6-17-36-31-25(15-16-28(39-3)30(29)31)24(32(36)33(37)38)13-9-19-41-27-14-8-11-22-10-4-5-12-23(22)27/h4-5,8,10-12,14-16H,6-7,9,13,17-20H2,1-3H3,(H,37,38). The molecule has 0 unspecified atom stereocenters. The maximum absolute atomic E-state index is 12.9. The molecule has 0 aliphatic carbocycles. The Hall–Kier alpha value is -4.30. The van der Waals surface area contributed by atoms with E-state index < -0.39 is 5.97 Å². The van der Waals surface area contributed by atoms with Gasteiger partial charge in [0, 0.05) is 42.2 Å². The number of carboxylic acid groups (broad SMARTS) is 1. The van der Waals surface area contributed by atoms with Crippen molar-refractivity contribution in [1.82, 2.24) is 14.3 Å². The van der Waals surface area contributed by atoms with Gasteiger partial charge in [-0.1, -0.05) is 36.4 Å². The molecule has 0 saturated carbocycles. The summed E-state index contributed by atoms with van der Waals surface area (Å²) in [4.78, 5) is 12.9. The van der Waals surface area contributed by atoms with Gasteiger partial charge in [0.2, 0.25) is 0 Å². The lowest BCUT2D eigenvalue weighted by atomic mass is 9.97. The summed E-state index contributed by atoms with van der Waals surface area (Å²) in [5.74, 6) is 0.605. The topological polar surface area (TPSA) is 87.7 Å². The predicted molar refractivity (Wildman–Crippen MR) is 159 cm³/mol. The minimum absolute atomic E-state index is 0.336. The molecule has 212 valence electrons. The van der Waals surface area contributed by atoms with Crippen molar-refractivity contribution >= 4 is 27.6 Å². The third-order valence-corrected chi connectivity index (χ3v) is 8.11. The van der Waals surface area contributed by atoms with Gasteiger partial charge in [0.05, 0.1) is 37.1 Å². The first-order valence-electron chi connectivity index (χ1n) is 14.2. The first-order valence-corrected chi connectivity index (χ1v) is 14.2. The van der Waals surface area contributed by atoms with Gasteiger partial charge in [-0.3, -0.25) is 4.68 Å². The summed E-state index contributed by atoms with van der Waals surface area (Å²) in [5, 5.41) is 18.4. The Morgan fingerprint density at radius 2 is 1.85 bits per heavy atom. The van der Waals surface area contributed by atoms with Crippen LogP contribution in [0.1, 0.15) is 46.7 Å². The summed E-state index contributed by atoms with van der Waals surface area (Å²) in [6.45, 7) is 4.06. The molecule has 6 rings (SSSR count). The molecular weight excluding hydrogens is 518 g/mol. The van der Waals surface area contributed by atoms with Crippen molar-refractivity contribution in [3.05, 3.63) is 77.2 Å². The number of rotatable bonds is 7. The Kier molecular flexibility index (Phi) is 7.41.